The normalized spacial score (nSPS) is 10.6. The van der Waals surface area contributed by atoms with Gasteiger partial charge in [0, 0.05) is 0 Å². The highest BCUT2D eigenvalue weighted by Crippen LogP contribution is 2.34. The number of carbonyl (C=O) groups excluding carboxylic acids is 3. The third-order valence-corrected chi connectivity index (χ3v) is 5.00. The minimum atomic E-state index is -0.703. The third kappa shape index (κ3) is 5.57. The van der Waals surface area contributed by atoms with Crippen LogP contribution < -0.4 is 10.1 Å². The van der Waals surface area contributed by atoms with Crippen LogP contribution in [-0.2, 0) is 20.8 Å². The van der Waals surface area contributed by atoms with Crippen LogP contribution in [0.15, 0.2) is 6.20 Å². The summed E-state index contributed by atoms with van der Waals surface area (Å²) in [6.45, 7) is 6.29. The Morgan fingerprint density at radius 1 is 1.32 bits per heavy atom. The summed E-state index contributed by atoms with van der Waals surface area (Å²) in [4.78, 5) is 47.8. The molecule has 0 spiro atoms. The highest BCUT2D eigenvalue weighted by Gasteiger charge is 2.28. The monoisotopic (exact) mass is 454 g/mol. The van der Waals surface area contributed by atoms with E-state index in [1.165, 1.54) is 7.11 Å². The smallest absolute Gasteiger partial charge is 0.350 e. The van der Waals surface area contributed by atoms with E-state index < -0.39 is 41.1 Å². The molecule has 0 aliphatic heterocycles. The van der Waals surface area contributed by atoms with Crippen LogP contribution in [0.2, 0.25) is 0 Å². The van der Waals surface area contributed by atoms with Gasteiger partial charge in [-0.05, 0) is 33.3 Å². The lowest BCUT2D eigenvalue weighted by molar-refractivity contribution is -0.385. The van der Waals surface area contributed by atoms with Crippen LogP contribution in [0.5, 0.6) is 5.88 Å². The van der Waals surface area contributed by atoms with E-state index >= 15 is 0 Å². The number of anilines is 1. The zero-order valence-electron chi connectivity index (χ0n) is 17.6. The molecule has 0 aliphatic carbocycles. The number of carbonyl (C=O) groups is 3. The summed E-state index contributed by atoms with van der Waals surface area (Å²) in [7, 11) is 1.22. The molecule has 1 amide bonds. The molecule has 2 aromatic heterocycles. The van der Waals surface area contributed by atoms with E-state index in [0.717, 1.165) is 22.2 Å². The van der Waals surface area contributed by atoms with Crippen molar-refractivity contribution in [2.45, 2.75) is 40.3 Å². The number of aromatic nitrogens is 2. The van der Waals surface area contributed by atoms with Crippen molar-refractivity contribution in [3.8, 4) is 5.88 Å². The van der Waals surface area contributed by atoms with Crippen molar-refractivity contribution in [3.05, 3.63) is 32.3 Å². The molecule has 0 saturated heterocycles. The number of rotatable bonds is 9. The summed E-state index contributed by atoms with van der Waals surface area (Å²) >= 11 is 0.876. The molecule has 0 unspecified atom stereocenters. The fourth-order valence-corrected chi connectivity index (χ4v) is 3.67. The maximum Gasteiger partial charge on any atom is 0.350 e. The predicted octanol–water partition coefficient (Wildman–Crippen LogP) is 2.55. The van der Waals surface area contributed by atoms with Crippen LogP contribution >= 0.6 is 11.3 Å². The molecule has 0 bridgehead atoms. The molecule has 13 heteroatoms. The van der Waals surface area contributed by atoms with E-state index in [-0.39, 0.29) is 27.9 Å². The van der Waals surface area contributed by atoms with Gasteiger partial charge in [0.2, 0.25) is 5.91 Å². The fraction of sp³-hybridized carbons (Fsp3) is 0.444. The van der Waals surface area contributed by atoms with E-state index in [2.05, 4.69) is 10.4 Å². The van der Waals surface area contributed by atoms with Crippen molar-refractivity contribution in [1.82, 2.24) is 9.78 Å². The number of nitrogens with one attached hydrogen (secondary N) is 1. The second-order valence-electron chi connectivity index (χ2n) is 6.46. The first-order valence-electron chi connectivity index (χ1n) is 9.16. The first-order valence-corrected chi connectivity index (χ1v) is 9.97. The summed E-state index contributed by atoms with van der Waals surface area (Å²) in [6.07, 6.45) is 0.634. The van der Waals surface area contributed by atoms with Crippen LogP contribution in [0, 0.1) is 17.0 Å². The van der Waals surface area contributed by atoms with Gasteiger partial charge in [-0.2, -0.15) is 0 Å². The maximum atomic E-state index is 12.6. The molecule has 2 heterocycles. The lowest BCUT2D eigenvalue weighted by Gasteiger charge is -2.10. The molecular weight excluding hydrogens is 432 g/mol. The number of esters is 2. The van der Waals surface area contributed by atoms with Gasteiger partial charge in [0.05, 0.1) is 30.3 Å². The molecule has 168 valence electrons. The Kier molecular flexibility index (Phi) is 7.69. The van der Waals surface area contributed by atoms with E-state index in [1.54, 1.807) is 27.7 Å². The number of hydrogen-bond acceptors (Lipinski definition) is 10. The molecule has 0 fully saturated rings. The number of methoxy groups -OCH3 is 1. The summed E-state index contributed by atoms with van der Waals surface area (Å²) in [6, 6.07) is 0. The second kappa shape index (κ2) is 10.0. The molecule has 0 atom stereocenters. The zero-order chi connectivity index (χ0) is 23.3. The largest absolute Gasteiger partial charge is 0.475 e. The molecule has 1 N–H and O–H groups in total. The molecule has 31 heavy (non-hydrogen) atoms. The maximum absolute atomic E-state index is 12.6. The minimum Gasteiger partial charge on any atom is -0.475 e. The molecule has 2 rings (SSSR count). The van der Waals surface area contributed by atoms with Gasteiger partial charge < -0.3 is 19.5 Å². The van der Waals surface area contributed by atoms with Gasteiger partial charge in [0.25, 0.3) is 0 Å². The summed E-state index contributed by atoms with van der Waals surface area (Å²) in [5, 5.41) is 17.5. The SMILES string of the molecule is CCOC(=O)c1sc(NC(=O)Cn2cc([N+](=O)[O-])c(OC)n2)c(C(=O)OC(C)C)c1C. The average molecular weight is 454 g/mol. The number of hydrogen-bond donors (Lipinski definition) is 1. The van der Waals surface area contributed by atoms with Crippen molar-refractivity contribution in [1.29, 1.82) is 0 Å². The average Bonchev–Trinajstić information content (AvgIpc) is 3.22. The van der Waals surface area contributed by atoms with Crippen LogP contribution in [0.3, 0.4) is 0 Å². The van der Waals surface area contributed by atoms with Gasteiger partial charge in [-0.25, -0.2) is 9.59 Å². The number of nitrogens with zero attached hydrogens (tertiary/aromatic N) is 3. The number of amides is 1. The Morgan fingerprint density at radius 2 is 2.00 bits per heavy atom. The van der Waals surface area contributed by atoms with Gasteiger partial charge in [-0.3, -0.25) is 19.6 Å². The van der Waals surface area contributed by atoms with Crippen molar-refractivity contribution < 1.29 is 33.5 Å². The van der Waals surface area contributed by atoms with E-state index in [9.17, 15) is 24.5 Å². The molecule has 2 aromatic rings. The fourth-order valence-electron chi connectivity index (χ4n) is 2.57. The highest BCUT2D eigenvalue weighted by atomic mass is 32.1. The molecular formula is C18H22N4O8S. The van der Waals surface area contributed by atoms with Crippen LogP contribution in [-0.4, -0.2) is 52.4 Å². The van der Waals surface area contributed by atoms with Crippen molar-refractivity contribution in [2.75, 3.05) is 19.0 Å². The molecule has 0 aromatic carbocycles. The first-order chi connectivity index (χ1) is 14.6. The summed E-state index contributed by atoms with van der Waals surface area (Å²) < 4.78 is 16.1. The highest BCUT2D eigenvalue weighted by molar-refractivity contribution is 7.18. The molecule has 12 nitrogen and oxygen atoms in total. The van der Waals surface area contributed by atoms with Gasteiger partial charge in [-0.1, -0.05) is 0 Å². The topological polar surface area (TPSA) is 152 Å². The van der Waals surface area contributed by atoms with Crippen molar-refractivity contribution >= 4 is 39.9 Å². The van der Waals surface area contributed by atoms with E-state index in [1.807, 2.05) is 0 Å². The third-order valence-electron chi connectivity index (χ3n) is 3.81. The van der Waals surface area contributed by atoms with E-state index in [0.29, 0.717) is 5.56 Å². The quantitative estimate of drug-likeness (QED) is 0.342. The Labute approximate surface area is 181 Å². The molecule has 0 saturated carbocycles. The number of nitro groups is 1. The summed E-state index contributed by atoms with van der Waals surface area (Å²) in [5.41, 5.74) is -0.0343. The Morgan fingerprint density at radius 3 is 2.52 bits per heavy atom. The van der Waals surface area contributed by atoms with Crippen molar-refractivity contribution in [2.24, 2.45) is 0 Å². The van der Waals surface area contributed by atoms with E-state index in [4.69, 9.17) is 14.2 Å². The van der Waals surface area contributed by atoms with Gasteiger partial charge in [0.15, 0.2) is 0 Å². The minimum absolute atomic E-state index is 0.0409. The Hall–Kier alpha value is -3.48. The van der Waals surface area contributed by atoms with Crippen molar-refractivity contribution in [3.63, 3.8) is 0 Å². The second-order valence-corrected chi connectivity index (χ2v) is 7.48. The number of thiophene rings is 1. The van der Waals surface area contributed by atoms with Gasteiger partial charge in [-0.15, -0.1) is 16.4 Å². The van der Waals surface area contributed by atoms with Gasteiger partial charge in [0.1, 0.15) is 22.6 Å². The van der Waals surface area contributed by atoms with Gasteiger partial charge >= 0.3 is 23.5 Å². The predicted molar refractivity (Wildman–Crippen MR) is 110 cm³/mol. The first kappa shape index (κ1) is 23.8. The standard InChI is InChI=1S/C18H22N4O8S/c1-6-29-18(25)14-10(4)13(17(24)30-9(2)3)16(31-14)19-12(23)8-21-7-11(22(26)27)15(20-21)28-5/h7,9H,6,8H2,1-5H3,(H,19,23). The van der Waals surface area contributed by atoms with Crippen LogP contribution in [0.1, 0.15) is 46.4 Å². The van der Waals surface area contributed by atoms with Crippen LogP contribution in [0.25, 0.3) is 0 Å². The zero-order valence-corrected chi connectivity index (χ0v) is 18.4. The Bertz CT molecular complexity index is 1010. The molecule has 0 aliphatic rings. The Balaban J connectivity index is 2.32. The lowest BCUT2D eigenvalue weighted by atomic mass is 10.1. The lowest BCUT2D eigenvalue weighted by Crippen LogP contribution is -2.21. The molecule has 0 radical (unpaired) electrons. The summed E-state index contributed by atoms with van der Waals surface area (Å²) in [5.74, 6) is -2.20. The van der Waals surface area contributed by atoms with Crippen LogP contribution in [0.4, 0.5) is 10.7 Å². The number of ether oxygens (including phenoxy) is 3.